The summed E-state index contributed by atoms with van der Waals surface area (Å²) in [6, 6.07) is 0. The molecule has 4 heteroatoms. The molecule has 0 saturated carbocycles. The summed E-state index contributed by atoms with van der Waals surface area (Å²) < 4.78 is 0. The van der Waals surface area contributed by atoms with Crippen LogP contribution in [0.3, 0.4) is 0 Å². The molecule has 0 aliphatic carbocycles. The van der Waals surface area contributed by atoms with Crippen LogP contribution >= 0.6 is 0 Å². The molecular weight excluding hydrogens is 232 g/mol. The molecule has 0 fully saturated rings. The lowest BCUT2D eigenvalue weighted by atomic mass is 9.94. The van der Waals surface area contributed by atoms with Gasteiger partial charge in [-0.05, 0) is 0 Å². The minimum atomic E-state index is -0.0733. The van der Waals surface area contributed by atoms with E-state index < -0.39 is 0 Å². The van der Waals surface area contributed by atoms with Crippen LogP contribution in [0.25, 0.3) is 0 Å². The van der Waals surface area contributed by atoms with Crippen LogP contribution < -0.4 is 0 Å². The monoisotopic (exact) mass is 252 g/mol. The van der Waals surface area contributed by atoms with Gasteiger partial charge in [0.25, 0.3) is 0 Å². The first-order chi connectivity index (χ1) is 8.22. The van der Waals surface area contributed by atoms with Gasteiger partial charge in [0.05, 0.1) is 23.0 Å². The molecule has 100 valence electrons. The van der Waals surface area contributed by atoms with Crippen molar-refractivity contribution in [3.8, 4) is 0 Å². The molecule has 0 amide bonds. The van der Waals surface area contributed by atoms with Crippen LogP contribution in [0.1, 0.15) is 25.7 Å². The first kappa shape index (κ1) is 15.9. The number of allylic oxidation sites excluding steroid dienone is 4. The third-order valence-corrected chi connectivity index (χ3v) is 2.17. The number of rotatable bonds is 8. The van der Waals surface area contributed by atoms with Crippen molar-refractivity contribution >= 4 is 0 Å². The van der Waals surface area contributed by atoms with E-state index in [-0.39, 0.29) is 48.7 Å². The summed E-state index contributed by atoms with van der Waals surface area (Å²) in [5.74, 6) is -0.293. The van der Waals surface area contributed by atoms with Gasteiger partial charge in [-0.2, -0.15) is 0 Å². The molecule has 0 aliphatic heterocycles. The van der Waals surface area contributed by atoms with Gasteiger partial charge in [0.15, 0.2) is 0 Å². The molecule has 0 bridgehead atoms. The van der Waals surface area contributed by atoms with Crippen molar-refractivity contribution < 1.29 is 20.4 Å². The summed E-state index contributed by atoms with van der Waals surface area (Å²) in [5.41, 5.74) is 1.25. The van der Waals surface area contributed by atoms with Gasteiger partial charge in [0.1, 0.15) is 0 Å². The Morgan fingerprint density at radius 1 is 0.500 bits per heavy atom. The SMILES string of the molecule is C=C(O)CC(CC(=C)O)=C(CC(=C)O)CC(=C)O. The minimum absolute atomic E-state index is 0.0733. The van der Waals surface area contributed by atoms with Crippen LogP contribution in [0.15, 0.2) is 60.5 Å². The molecule has 0 aromatic heterocycles. The molecule has 0 atom stereocenters. The van der Waals surface area contributed by atoms with Crippen molar-refractivity contribution in [2.24, 2.45) is 0 Å². The molecule has 0 unspecified atom stereocenters. The number of aliphatic hydroxyl groups is 4. The fraction of sp³-hybridized carbons (Fsp3) is 0.286. The average Bonchev–Trinajstić information content (AvgIpc) is 2.12. The fourth-order valence-electron chi connectivity index (χ4n) is 1.61. The Kier molecular flexibility index (Phi) is 6.42. The van der Waals surface area contributed by atoms with Crippen molar-refractivity contribution in [1.29, 1.82) is 0 Å². The highest BCUT2D eigenvalue weighted by atomic mass is 16.3. The topological polar surface area (TPSA) is 80.9 Å². The van der Waals surface area contributed by atoms with E-state index in [0.717, 1.165) is 0 Å². The van der Waals surface area contributed by atoms with Gasteiger partial charge < -0.3 is 20.4 Å². The van der Waals surface area contributed by atoms with Gasteiger partial charge >= 0.3 is 0 Å². The van der Waals surface area contributed by atoms with Crippen molar-refractivity contribution in [2.75, 3.05) is 0 Å². The Balaban J connectivity index is 5.33. The summed E-state index contributed by atoms with van der Waals surface area (Å²) in [7, 11) is 0. The second-order valence-electron chi connectivity index (χ2n) is 4.18. The molecule has 0 rings (SSSR count). The lowest BCUT2D eigenvalue weighted by Crippen LogP contribution is -1.99. The van der Waals surface area contributed by atoms with Crippen LogP contribution in [0.5, 0.6) is 0 Å². The van der Waals surface area contributed by atoms with E-state index in [1.165, 1.54) is 0 Å². The Morgan fingerprint density at radius 3 is 0.778 bits per heavy atom. The number of hydrogen-bond donors (Lipinski definition) is 4. The van der Waals surface area contributed by atoms with Crippen molar-refractivity contribution in [3.63, 3.8) is 0 Å². The molecule has 0 aliphatic rings. The molecular formula is C14H20O4. The standard InChI is InChI=1S/C14H20O4/c1-9(15)5-13(6-10(2)16)14(7-11(3)17)8-12(4)18/h15-18H,1-8H2. The molecule has 4 nitrogen and oxygen atoms in total. The van der Waals surface area contributed by atoms with Gasteiger partial charge in [0, 0.05) is 25.7 Å². The lowest BCUT2D eigenvalue weighted by Gasteiger charge is -2.14. The minimum Gasteiger partial charge on any atom is -0.513 e. The molecule has 0 aromatic rings. The van der Waals surface area contributed by atoms with Crippen molar-refractivity contribution in [1.82, 2.24) is 0 Å². The maximum Gasteiger partial charge on any atom is 0.0891 e. The van der Waals surface area contributed by atoms with E-state index in [9.17, 15) is 20.4 Å². The third-order valence-electron chi connectivity index (χ3n) is 2.17. The second-order valence-corrected chi connectivity index (χ2v) is 4.18. The Bertz CT molecular complexity index is 328. The number of aliphatic hydroxyl groups excluding tert-OH is 4. The van der Waals surface area contributed by atoms with Crippen LogP contribution in [0.2, 0.25) is 0 Å². The first-order valence-corrected chi connectivity index (χ1v) is 5.39. The van der Waals surface area contributed by atoms with E-state index in [0.29, 0.717) is 11.1 Å². The molecule has 0 aromatic carbocycles. The molecule has 0 spiro atoms. The molecule has 0 saturated heterocycles. The van der Waals surface area contributed by atoms with E-state index in [1.807, 2.05) is 0 Å². The van der Waals surface area contributed by atoms with E-state index in [1.54, 1.807) is 0 Å². The zero-order valence-electron chi connectivity index (χ0n) is 10.4. The van der Waals surface area contributed by atoms with Crippen LogP contribution in [0, 0.1) is 0 Å². The van der Waals surface area contributed by atoms with Gasteiger partial charge in [-0.25, -0.2) is 0 Å². The normalized spacial score (nSPS) is 9.56. The predicted molar refractivity (Wildman–Crippen MR) is 72.6 cm³/mol. The first-order valence-electron chi connectivity index (χ1n) is 5.39. The maximum absolute atomic E-state index is 9.24. The van der Waals surface area contributed by atoms with Crippen LogP contribution in [-0.4, -0.2) is 20.4 Å². The molecule has 0 radical (unpaired) electrons. The largest absolute Gasteiger partial charge is 0.513 e. The Labute approximate surface area is 107 Å². The number of hydrogen-bond acceptors (Lipinski definition) is 4. The fourth-order valence-corrected chi connectivity index (χ4v) is 1.61. The molecule has 0 heterocycles. The summed E-state index contributed by atoms with van der Waals surface area (Å²) in [4.78, 5) is 0. The quantitative estimate of drug-likeness (QED) is 0.387. The van der Waals surface area contributed by atoms with Gasteiger partial charge in [-0.1, -0.05) is 37.5 Å². The van der Waals surface area contributed by atoms with Crippen molar-refractivity contribution in [2.45, 2.75) is 25.7 Å². The van der Waals surface area contributed by atoms with Gasteiger partial charge in [-0.3, -0.25) is 0 Å². The predicted octanol–water partition coefficient (Wildman–Crippen LogP) is 4.13. The van der Waals surface area contributed by atoms with Crippen LogP contribution in [-0.2, 0) is 0 Å². The highest BCUT2D eigenvalue weighted by Crippen LogP contribution is 2.27. The zero-order chi connectivity index (χ0) is 14.3. The Morgan fingerprint density at radius 2 is 0.667 bits per heavy atom. The van der Waals surface area contributed by atoms with Crippen molar-refractivity contribution in [3.05, 3.63) is 60.5 Å². The van der Waals surface area contributed by atoms with Gasteiger partial charge in [-0.15, -0.1) is 0 Å². The van der Waals surface area contributed by atoms with E-state index >= 15 is 0 Å². The lowest BCUT2D eigenvalue weighted by molar-refractivity contribution is 0.373. The smallest absolute Gasteiger partial charge is 0.0891 e. The summed E-state index contributed by atoms with van der Waals surface area (Å²) in [6.07, 6.45) is 0.538. The third kappa shape index (κ3) is 7.22. The highest BCUT2D eigenvalue weighted by molar-refractivity contribution is 5.26. The zero-order valence-corrected chi connectivity index (χ0v) is 10.4. The molecule has 4 N–H and O–H groups in total. The summed E-state index contributed by atoms with van der Waals surface area (Å²) >= 11 is 0. The molecule has 18 heavy (non-hydrogen) atoms. The van der Waals surface area contributed by atoms with Crippen LogP contribution in [0.4, 0.5) is 0 Å². The van der Waals surface area contributed by atoms with E-state index in [4.69, 9.17) is 0 Å². The van der Waals surface area contributed by atoms with E-state index in [2.05, 4.69) is 26.3 Å². The second kappa shape index (κ2) is 7.27. The summed E-state index contributed by atoms with van der Waals surface area (Å²) in [6.45, 7) is 13.5. The Hall–Kier alpha value is -2.10. The summed E-state index contributed by atoms with van der Waals surface area (Å²) in [5, 5.41) is 37.0. The average molecular weight is 252 g/mol. The highest BCUT2D eigenvalue weighted by Gasteiger charge is 2.12. The van der Waals surface area contributed by atoms with Gasteiger partial charge in [0.2, 0.25) is 0 Å². The maximum atomic E-state index is 9.24.